The largest absolute Gasteiger partial charge is 0.340 e. The number of halogens is 1. The zero-order valence-corrected chi connectivity index (χ0v) is 16.7. The number of hydrazine groups is 1. The molecule has 10 heteroatoms. The van der Waals surface area contributed by atoms with Crippen molar-refractivity contribution in [2.75, 3.05) is 23.4 Å². The number of aromatic nitrogens is 2. The van der Waals surface area contributed by atoms with Crippen molar-refractivity contribution >= 4 is 35.1 Å². The van der Waals surface area contributed by atoms with Crippen molar-refractivity contribution in [2.24, 2.45) is 16.8 Å². The number of likely N-dealkylation sites (tertiary alicyclic amines) is 1. The van der Waals surface area contributed by atoms with Crippen molar-refractivity contribution in [1.82, 2.24) is 14.9 Å². The molecule has 9 nitrogen and oxygen atoms in total. The number of H-pyrrole nitrogens is 1. The smallest absolute Gasteiger partial charge is 0.237 e. The van der Waals surface area contributed by atoms with Crippen molar-refractivity contribution in [3.63, 3.8) is 0 Å². The number of imidazole rings is 1. The predicted octanol–water partition coefficient (Wildman–Crippen LogP) is 2.12. The molecule has 0 radical (unpaired) electrons. The molecule has 2 heterocycles. The van der Waals surface area contributed by atoms with Crippen LogP contribution in [0.2, 0.25) is 5.02 Å². The first-order valence-corrected chi connectivity index (χ1v) is 9.44. The fourth-order valence-electron chi connectivity index (χ4n) is 3.50. The van der Waals surface area contributed by atoms with E-state index in [4.69, 9.17) is 23.3 Å². The fraction of sp³-hybridized carbons (Fsp3) is 0.389. The number of nitrogens with one attached hydrogen (secondary N) is 2. The Kier molecular flexibility index (Phi) is 6.05. The number of hydrogen-bond donors (Lipinski definition) is 4. The number of hydrogen-bond acceptors (Lipinski definition) is 5. The van der Waals surface area contributed by atoms with E-state index in [1.807, 2.05) is 30.0 Å². The Morgan fingerprint density at radius 1 is 1.39 bits per heavy atom. The summed E-state index contributed by atoms with van der Waals surface area (Å²) in [6.45, 7) is 4.87. The maximum atomic E-state index is 11.2. The number of hydrazone groups is 1. The summed E-state index contributed by atoms with van der Waals surface area (Å²) >= 11 is 6.24. The monoisotopic (exact) mass is 404 g/mol. The molecule has 0 aliphatic carbocycles. The lowest BCUT2D eigenvalue weighted by Gasteiger charge is -2.36. The molecule has 0 saturated carbocycles. The van der Waals surface area contributed by atoms with E-state index in [1.54, 1.807) is 6.07 Å². The number of carbonyl (C=O) groups excluding carboxylic acids is 1. The van der Waals surface area contributed by atoms with Gasteiger partial charge in [-0.25, -0.2) is 15.8 Å². The normalized spacial score (nSPS) is 15.6. The lowest BCUT2D eigenvalue weighted by atomic mass is 9.92. The number of aromatic amines is 1. The second kappa shape index (κ2) is 8.49. The van der Waals surface area contributed by atoms with Crippen LogP contribution in [-0.2, 0) is 4.79 Å². The SMILES string of the molecule is CC(=O)Nc1nc(C2CCN(/C(=N/N)N(N)c3ccccc3Cl)CC2)c(C)[nH]1. The number of carbonyl (C=O) groups is 1. The van der Waals surface area contributed by atoms with E-state index in [0.717, 1.165) is 37.3 Å². The molecule has 6 N–H and O–H groups in total. The Morgan fingerprint density at radius 3 is 2.68 bits per heavy atom. The molecule has 1 saturated heterocycles. The minimum Gasteiger partial charge on any atom is -0.340 e. The fourth-order valence-corrected chi connectivity index (χ4v) is 3.73. The Hall–Kier alpha value is -2.78. The predicted molar refractivity (Wildman–Crippen MR) is 111 cm³/mol. The molecule has 3 rings (SSSR count). The summed E-state index contributed by atoms with van der Waals surface area (Å²) in [5.41, 5.74) is 2.58. The first-order valence-electron chi connectivity index (χ1n) is 9.07. The summed E-state index contributed by atoms with van der Waals surface area (Å²) in [5, 5.41) is 8.53. The number of amides is 1. The van der Waals surface area contributed by atoms with E-state index in [2.05, 4.69) is 20.4 Å². The summed E-state index contributed by atoms with van der Waals surface area (Å²) < 4.78 is 0. The number of rotatable bonds is 3. The second-order valence-corrected chi connectivity index (χ2v) is 7.20. The standard InChI is InChI=1S/C18H25ClN8O/c1-11-16(24-17(22-11)23-12(2)28)13-7-9-26(10-8-13)18(25-20)27(21)15-6-4-3-5-14(15)19/h3-6,13H,7-10,20-21H2,1-2H3,(H2,22,23,24,28)/b25-18-. The van der Waals surface area contributed by atoms with Gasteiger partial charge in [0.2, 0.25) is 17.8 Å². The van der Waals surface area contributed by atoms with Crippen molar-refractivity contribution in [1.29, 1.82) is 0 Å². The van der Waals surface area contributed by atoms with Gasteiger partial charge >= 0.3 is 0 Å². The highest BCUT2D eigenvalue weighted by atomic mass is 35.5. The van der Waals surface area contributed by atoms with E-state index in [9.17, 15) is 4.79 Å². The van der Waals surface area contributed by atoms with Crippen LogP contribution >= 0.6 is 11.6 Å². The van der Waals surface area contributed by atoms with E-state index in [1.165, 1.54) is 11.9 Å². The molecule has 0 unspecified atom stereocenters. The van der Waals surface area contributed by atoms with Crippen molar-refractivity contribution in [3.8, 4) is 0 Å². The zero-order chi connectivity index (χ0) is 20.3. The van der Waals surface area contributed by atoms with Gasteiger partial charge in [0.25, 0.3) is 0 Å². The molecular weight excluding hydrogens is 380 g/mol. The van der Waals surface area contributed by atoms with Crippen LogP contribution in [0.15, 0.2) is 29.4 Å². The van der Waals surface area contributed by atoms with E-state index < -0.39 is 0 Å². The van der Waals surface area contributed by atoms with Gasteiger partial charge in [-0.3, -0.25) is 10.1 Å². The lowest BCUT2D eigenvalue weighted by molar-refractivity contribution is -0.114. The van der Waals surface area contributed by atoms with Crippen molar-refractivity contribution in [3.05, 3.63) is 40.7 Å². The highest BCUT2D eigenvalue weighted by molar-refractivity contribution is 6.33. The van der Waals surface area contributed by atoms with Gasteiger partial charge in [-0.1, -0.05) is 23.7 Å². The molecule has 1 amide bonds. The first kappa shape index (κ1) is 20.0. The molecule has 1 aliphatic rings. The van der Waals surface area contributed by atoms with Crippen LogP contribution in [0.25, 0.3) is 0 Å². The van der Waals surface area contributed by atoms with Crippen LogP contribution in [-0.4, -0.2) is 39.8 Å². The molecule has 0 bridgehead atoms. The van der Waals surface area contributed by atoms with Gasteiger partial charge in [0.15, 0.2) is 0 Å². The highest BCUT2D eigenvalue weighted by Gasteiger charge is 2.28. The summed E-state index contributed by atoms with van der Waals surface area (Å²) in [6, 6.07) is 7.28. The average molecular weight is 405 g/mol. The first-order chi connectivity index (χ1) is 13.4. The number of nitrogens with two attached hydrogens (primary N) is 2. The van der Waals surface area contributed by atoms with Gasteiger partial charge < -0.3 is 15.7 Å². The van der Waals surface area contributed by atoms with Gasteiger partial charge in [-0.15, -0.1) is 5.10 Å². The maximum absolute atomic E-state index is 11.2. The topological polar surface area (TPSA) is 129 Å². The number of benzene rings is 1. The minimum atomic E-state index is -0.151. The lowest BCUT2D eigenvalue weighted by Crippen LogP contribution is -2.51. The summed E-state index contributed by atoms with van der Waals surface area (Å²) in [7, 11) is 0. The molecule has 150 valence electrons. The molecule has 28 heavy (non-hydrogen) atoms. The molecular formula is C18H25ClN8O. The van der Waals surface area contributed by atoms with Gasteiger partial charge in [-0.2, -0.15) is 0 Å². The zero-order valence-electron chi connectivity index (χ0n) is 15.9. The van der Waals surface area contributed by atoms with Gasteiger partial charge in [0.1, 0.15) is 0 Å². The molecule has 0 spiro atoms. The Bertz CT molecular complexity index is 872. The van der Waals surface area contributed by atoms with Crippen LogP contribution in [0.1, 0.15) is 37.1 Å². The number of para-hydroxylation sites is 1. The molecule has 0 atom stereocenters. The highest BCUT2D eigenvalue weighted by Crippen LogP contribution is 2.31. The second-order valence-electron chi connectivity index (χ2n) is 6.79. The van der Waals surface area contributed by atoms with E-state index in [0.29, 0.717) is 22.6 Å². The van der Waals surface area contributed by atoms with Crippen LogP contribution in [0.3, 0.4) is 0 Å². The van der Waals surface area contributed by atoms with Crippen molar-refractivity contribution < 1.29 is 4.79 Å². The van der Waals surface area contributed by atoms with Crippen molar-refractivity contribution in [2.45, 2.75) is 32.6 Å². The molecule has 1 aliphatic heterocycles. The number of anilines is 2. The third-order valence-corrected chi connectivity index (χ3v) is 5.14. The molecule has 1 fully saturated rings. The summed E-state index contributed by atoms with van der Waals surface area (Å²) in [5.74, 6) is 12.9. The number of aryl methyl sites for hydroxylation is 1. The quantitative estimate of drug-likeness (QED) is 0.268. The summed E-state index contributed by atoms with van der Waals surface area (Å²) in [6.07, 6.45) is 1.72. The van der Waals surface area contributed by atoms with Gasteiger partial charge in [0.05, 0.1) is 16.4 Å². The van der Waals surface area contributed by atoms with Crippen LogP contribution in [0, 0.1) is 6.92 Å². The molecule has 1 aromatic heterocycles. The molecule has 1 aromatic carbocycles. The Labute approximate surface area is 168 Å². The van der Waals surface area contributed by atoms with Crippen LogP contribution in [0.4, 0.5) is 11.6 Å². The summed E-state index contributed by atoms with van der Waals surface area (Å²) in [4.78, 5) is 20.9. The van der Waals surface area contributed by atoms with E-state index in [-0.39, 0.29) is 11.8 Å². The maximum Gasteiger partial charge on any atom is 0.237 e. The minimum absolute atomic E-state index is 0.151. The van der Waals surface area contributed by atoms with Crippen LogP contribution < -0.4 is 22.0 Å². The number of nitrogens with zero attached hydrogens (tertiary/aromatic N) is 4. The average Bonchev–Trinajstić information content (AvgIpc) is 3.02. The third-order valence-electron chi connectivity index (χ3n) is 4.82. The van der Waals surface area contributed by atoms with Gasteiger partial charge in [-0.05, 0) is 31.9 Å². The number of guanidine groups is 1. The molecule has 2 aromatic rings. The number of piperidine rings is 1. The Balaban J connectivity index is 1.68. The third kappa shape index (κ3) is 4.20. The van der Waals surface area contributed by atoms with Gasteiger partial charge in [0, 0.05) is 31.6 Å². The Morgan fingerprint density at radius 2 is 2.07 bits per heavy atom. The van der Waals surface area contributed by atoms with Crippen LogP contribution in [0.5, 0.6) is 0 Å². The van der Waals surface area contributed by atoms with E-state index >= 15 is 0 Å².